The molecule has 0 fully saturated rings. The van der Waals surface area contributed by atoms with Crippen molar-refractivity contribution in [1.82, 2.24) is 0 Å². The van der Waals surface area contributed by atoms with E-state index < -0.39 is 0 Å². The van der Waals surface area contributed by atoms with Gasteiger partial charge >= 0.3 is 0 Å². The fourth-order valence-electron chi connectivity index (χ4n) is 1.52. The number of rotatable bonds is 3. The van der Waals surface area contributed by atoms with Gasteiger partial charge in [0.25, 0.3) is 0 Å². The van der Waals surface area contributed by atoms with Crippen molar-refractivity contribution in [3.05, 3.63) is 30.0 Å². The second-order valence-corrected chi connectivity index (χ2v) is 3.69. The third-order valence-electron chi connectivity index (χ3n) is 2.59. The molecule has 2 rings (SSSR count). The molecule has 0 saturated heterocycles. The Morgan fingerprint density at radius 1 is 1.40 bits per heavy atom. The maximum atomic E-state index is 5.70. The van der Waals surface area contributed by atoms with Crippen LogP contribution in [0.4, 0.5) is 0 Å². The van der Waals surface area contributed by atoms with Crippen LogP contribution in [0.5, 0.6) is 5.75 Å². The van der Waals surface area contributed by atoms with Crippen molar-refractivity contribution in [1.29, 1.82) is 0 Å². The van der Waals surface area contributed by atoms with Crippen molar-refractivity contribution >= 4 is 11.0 Å². The van der Waals surface area contributed by atoms with E-state index in [2.05, 4.69) is 6.92 Å². The molecule has 2 aromatic rings. The first-order chi connectivity index (χ1) is 7.24. The predicted molar refractivity (Wildman–Crippen MR) is 60.2 cm³/mol. The average molecular weight is 205 g/mol. The van der Waals surface area contributed by atoms with E-state index in [-0.39, 0.29) is 5.92 Å². The molecule has 1 atom stereocenters. The Morgan fingerprint density at radius 3 is 2.87 bits per heavy atom. The molecule has 1 aromatic heterocycles. The van der Waals surface area contributed by atoms with Crippen molar-refractivity contribution in [2.75, 3.05) is 13.7 Å². The average Bonchev–Trinajstić information content (AvgIpc) is 2.70. The van der Waals surface area contributed by atoms with Gasteiger partial charge in [-0.2, -0.15) is 0 Å². The summed E-state index contributed by atoms with van der Waals surface area (Å²) in [6, 6.07) is 7.84. The van der Waals surface area contributed by atoms with Crippen LogP contribution >= 0.6 is 0 Å². The van der Waals surface area contributed by atoms with Crippen molar-refractivity contribution in [2.24, 2.45) is 5.73 Å². The maximum absolute atomic E-state index is 5.70. The quantitative estimate of drug-likeness (QED) is 0.837. The highest BCUT2D eigenvalue weighted by molar-refractivity contribution is 5.79. The van der Waals surface area contributed by atoms with Gasteiger partial charge in [0.05, 0.1) is 7.11 Å². The molecule has 0 amide bonds. The fraction of sp³-hybridized carbons (Fsp3) is 0.333. The van der Waals surface area contributed by atoms with Crippen LogP contribution in [0, 0.1) is 0 Å². The molecular formula is C12H15NO2. The minimum Gasteiger partial charge on any atom is -0.497 e. The van der Waals surface area contributed by atoms with Gasteiger partial charge in [-0.3, -0.25) is 0 Å². The number of furan rings is 1. The zero-order valence-electron chi connectivity index (χ0n) is 8.99. The molecule has 15 heavy (non-hydrogen) atoms. The Hall–Kier alpha value is -1.48. The van der Waals surface area contributed by atoms with Gasteiger partial charge in [-0.05, 0) is 18.2 Å². The Balaban J connectivity index is 2.46. The number of fused-ring (bicyclic) bond motifs is 1. The van der Waals surface area contributed by atoms with Gasteiger partial charge in [0.15, 0.2) is 0 Å². The number of benzene rings is 1. The molecular weight excluding hydrogens is 190 g/mol. The predicted octanol–water partition coefficient (Wildman–Crippen LogP) is 2.50. The largest absolute Gasteiger partial charge is 0.497 e. The summed E-state index contributed by atoms with van der Waals surface area (Å²) in [6.45, 7) is 2.64. The van der Waals surface area contributed by atoms with E-state index >= 15 is 0 Å². The first-order valence-electron chi connectivity index (χ1n) is 5.02. The highest BCUT2D eigenvalue weighted by Gasteiger charge is 2.10. The van der Waals surface area contributed by atoms with Crippen LogP contribution < -0.4 is 10.5 Å². The number of ether oxygens (including phenoxy) is 1. The summed E-state index contributed by atoms with van der Waals surface area (Å²) >= 11 is 0. The summed E-state index contributed by atoms with van der Waals surface area (Å²) in [5, 5.41) is 1.09. The Labute approximate surface area is 88.8 Å². The normalized spacial score (nSPS) is 13.0. The third kappa shape index (κ3) is 1.83. The van der Waals surface area contributed by atoms with Crippen molar-refractivity contribution in [3.8, 4) is 5.75 Å². The van der Waals surface area contributed by atoms with E-state index in [1.807, 2.05) is 24.3 Å². The third-order valence-corrected chi connectivity index (χ3v) is 2.59. The molecule has 0 aliphatic rings. The second kappa shape index (κ2) is 3.95. The van der Waals surface area contributed by atoms with Crippen LogP contribution in [0.1, 0.15) is 18.6 Å². The molecule has 0 aliphatic heterocycles. The highest BCUT2D eigenvalue weighted by atomic mass is 16.5. The lowest BCUT2D eigenvalue weighted by Crippen LogP contribution is -2.07. The number of hydrogen-bond acceptors (Lipinski definition) is 3. The summed E-state index contributed by atoms with van der Waals surface area (Å²) in [5.41, 5.74) is 6.45. The smallest absolute Gasteiger partial charge is 0.137 e. The van der Waals surface area contributed by atoms with Crippen LogP contribution in [0.3, 0.4) is 0 Å². The lowest BCUT2D eigenvalue weighted by Gasteiger charge is -2.01. The molecule has 3 heteroatoms. The van der Waals surface area contributed by atoms with Crippen LogP contribution in [0.2, 0.25) is 0 Å². The lowest BCUT2D eigenvalue weighted by atomic mass is 10.1. The Morgan fingerprint density at radius 2 is 2.20 bits per heavy atom. The van der Waals surface area contributed by atoms with Crippen LogP contribution in [-0.2, 0) is 0 Å². The summed E-state index contributed by atoms with van der Waals surface area (Å²) in [7, 11) is 1.65. The number of hydrogen-bond donors (Lipinski definition) is 1. The van der Waals surface area contributed by atoms with Gasteiger partial charge in [-0.15, -0.1) is 0 Å². The first kappa shape index (κ1) is 10.1. The minimum absolute atomic E-state index is 0.253. The molecule has 0 bridgehead atoms. The van der Waals surface area contributed by atoms with E-state index in [0.29, 0.717) is 6.54 Å². The minimum atomic E-state index is 0.253. The molecule has 1 unspecified atom stereocenters. The summed E-state index contributed by atoms with van der Waals surface area (Å²) in [6.07, 6.45) is 0. The molecule has 0 spiro atoms. The zero-order valence-corrected chi connectivity index (χ0v) is 8.99. The Bertz CT molecular complexity index is 462. The van der Waals surface area contributed by atoms with Gasteiger partial charge in [0.2, 0.25) is 0 Å². The standard InChI is InChI=1S/C12H15NO2/c1-8(7-13)11-5-9-3-4-10(14-2)6-12(9)15-11/h3-6,8H,7,13H2,1-2H3. The van der Waals surface area contributed by atoms with Crippen LogP contribution in [-0.4, -0.2) is 13.7 Å². The van der Waals surface area contributed by atoms with E-state index in [9.17, 15) is 0 Å². The second-order valence-electron chi connectivity index (χ2n) is 3.69. The monoisotopic (exact) mass is 205 g/mol. The zero-order chi connectivity index (χ0) is 10.8. The van der Waals surface area contributed by atoms with Crippen molar-refractivity contribution in [3.63, 3.8) is 0 Å². The van der Waals surface area contributed by atoms with Gasteiger partial charge in [-0.1, -0.05) is 6.92 Å². The van der Waals surface area contributed by atoms with Crippen molar-refractivity contribution in [2.45, 2.75) is 12.8 Å². The molecule has 1 aromatic carbocycles. The molecule has 2 N–H and O–H groups in total. The van der Waals surface area contributed by atoms with Gasteiger partial charge in [0, 0.05) is 23.9 Å². The molecule has 0 saturated carbocycles. The summed E-state index contributed by atoms with van der Waals surface area (Å²) in [5.74, 6) is 1.99. The maximum Gasteiger partial charge on any atom is 0.137 e. The topological polar surface area (TPSA) is 48.4 Å². The Kier molecular flexibility index (Phi) is 2.64. The SMILES string of the molecule is COc1ccc2cc(C(C)CN)oc2c1. The molecule has 0 radical (unpaired) electrons. The van der Waals surface area contributed by atoms with Gasteiger partial charge in [0.1, 0.15) is 17.1 Å². The molecule has 3 nitrogen and oxygen atoms in total. The van der Waals surface area contributed by atoms with Crippen molar-refractivity contribution < 1.29 is 9.15 Å². The number of nitrogens with two attached hydrogens (primary N) is 1. The fourth-order valence-corrected chi connectivity index (χ4v) is 1.52. The van der Waals surface area contributed by atoms with Gasteiger partial charge < -0.3 is 14.9 Å². The van der Waals surface area contributed by atoms with E-state index in [1.54, 1.807) is 7.11 Å². The van der Waals surface area contributed by atoms with E-state index in [4.69, 9.17) is 14.9 Å². The summed E-state index contributed by atoms with van der Waals surface area (Å²) in [4.78, 5) is 0. The van der Waals surface area contributed by atoms with Crippen LogP contribution in [0.15, 0.2) is 28.7 Å². The molecule has 80 valence electrons. The van der Waals surface area contributed by atoms with E-state index in [1.165, 1.54) is 0 Å². The summed E-state index contributed by atoms with van der Waals surface area (Å²) < 4.78 is 10.8. The van der Waals surface area contributed by atoms with Crippen LogP contribution in [0.25, 0.3) is 11.0 Å². The first-order valence-corrected chi connectivity index (χ1v) is 5.02. The molecule has 0 aliphatic carbocycles. The van der Waals surface area contributed by atoms with E-state index in [0.717, 1.165) is 22.5 Å². The molecule has 1 heterocycles. The highest BCUT2D eigenvalue weighted by Crippen LogP contribution is 2.27. The number of methoxy groups -OCH3 is 1. The van der Waals surface area contributed by atoms with Gasteiger partial charge in [-0.25, -0.2) is 0 Å². The lowest BCUT2D eigenvalue weighted by molar-refractivity contribution is 0.414.